The Morgan fingerprint density at radius 2 is 1.81 bits per heavy atom. The van der Waals surface area contributed by atoms with Gasteiger partial charge in [0.05, 0.1) is 5.92 Å². The van der Waals surface area contributed by atoms with Crippen molar-refractivity contribution in [2.45, 2.75) is 13.0 Å². The van der Waals surface area contributed by atoms with Crippen molar-refractivity contribution in [1.29, 1.82) is 0 Å². The van der Waals surface area contributed by atoms with Gasteiger partial charge in [0.2, 0.25) is 5.91 Å². The lowest BCUT2D eigenvalue weighted by atomic mass is 10.1. The summed E-state index contributed by atoms with van der Waals surface area (Å²) in [7, 11) is 0. The van der Waals surface area contributed by atoms with Crippen molar-refractivity contribution in [2.24, 2.45) is 5.92 Å². The highest BCUT2D eigenvalue weighted by Crippen LogP contribution is 2.26. The normalized spacial score (nSPS) is 16.3. The van der Waals surface area contributed by atoms with Crippen LogP contribution in [0.25, 0.3) is 0 Å². The van der Waals surface area contributed by atoms with E-state index < -0.39 is 11.9 Å². The Hall–Kier alpha value is -2.86. The number of hydrogen-bond acceptors (Lipinski definition) is 4. The lowest BCUT2D eigenvalue weighted by Gasteiger charge is -2.16. The van der Waals surface area contributed by atoms with Crippen LogP contribution in [0.5, 0.6) is 0 Å². The number of ether oxygens (including phenoxy) is 1. The first-order chi connectivity index (χ1) is 13.0. The van der Waals surface area contributed by atoms with Gasteiger partial charge in [-0.25, -0.2) is 0 Å². The molecule has 1 aliphatic heterocycles. The molecule has 27 heavy (non-hydrogen) atoms. The maximum absolute atomic E-state index is 12.2. The van der Waals surface area contributed by atoms with Gasteiger partial charge < -0.3 is 15.0 Å². The molecule has 2 aromatic rings. The van der Waals surface area contributed by atoms with E-state index in [9.17, 15) is 14.4 Å². The fourth-order valence-electron chi connectivity index (χ4n) is 2.84. The third-order valence-corrected chi connectivity index (χ3v) is 4.53. The predicted molar refractivity (Wildman–Crippen MR) is 101 cm³/mol. The molecule has 1 heterocycles. The third-order valence-electron chi connectivity index (χ3n) is 4.27. The molecule has 7 heteroatoms. The topological polar surface area (TPSA) is 75.7 Å². The highest BCUT2D eigenvalue weighted by Gasteiger charge is 2.36. The highest BCUT2D eigenvalue weighted by molar-refractivity contribution is 6.30. The fraction of sp³-hybridized carbons (Fsp3) is 0.250. The van der Waals surface area contributed by atoms with Crippen molar-refractivity contribution in [3.8, 4) is 0 Å². The molecule has 0 spiro atoms. The molecule has 0 aliphatic carbocycles. The van der Waals surface area contributed by atoms with E-state index in [2.05, 4.69) is 5.32 Å². The van der Waals surface area contributed by atoms with Gasteiger partial charge in [0.15, 0.2) is 6.61 Å². The molecule has 1 saturated heterocycles. The Morgan fingerprint density at radius 1 is 1.11 bits per heavy atom. The molecule has 140 valence electrons. The van der Waals surface area contributed by atoms with Crippen LogP contribution in [-0.4, -0.2) is 30.9 Å². The molecule has 1 fully saturated rings. The van der Waals surface area contributed by atoms with Crippen molar-refractivity contribution in [3.05, 3.63) is 65.2 Å². The standard InChI is InChI=1S/C20H19ClN2O4/c21-16-6-8-17(9-7-16)23-12-15(10-19(23)25)20(26)27-13-18(24)22-11-14-4-2-1-3-5-14/h1-9,15H,10-13H2,(H,22,24)/t15-/m0/s1. The van der Waals surface area contributed by atoms with Gasteiger partial charge in [-0.15, -0.1) is 0 Å². The number of hydrogen-bond donors (Lipinski definition) is 1. The molecule has 0 bridgehead atoms. The highest BCUT2D eigenvalue weighted by atomic mass is 35.5. The second-order valence-electron chi connectivity index (χ2n) is 6.25. The van der Waals surface area contributed by atoms with E-state index in [0.717, 1.165) is 5.56 Å². The van der Waals surface area contributed by atoms with Gasteiger partial charge in [0.25, 0.3) is 5.91 Å². The van der Waals surface area contributed by atoms with Crippen LogP contribution in [0.1, 0.15) is 12.0 Å². The quantitative estimate of drug-likeness (QED) is 0.774. The van der Waals surface area contributed by atoms with E-state index in [0.29, 0.717) is 17.3 Å². The maximum Gasteiger partial charge on any atom is 0.311 e. The van der Waals surface area contributed by atoms with Gasteiger partial charge in [-0.05, 0) is 29.8 Å². The number of carbonyl (C=O) groups excluding carboxylic acids is 3. The predicted octanol–water partition coefficient (Wildman–Crippen LogP) is 2.55. The molecular weight excluding hydrogens is 368 g/mol. The Balaban J connectivity index is 1.46. The van der Waals surface area contributed by atoms with E-state index in [1.54, 1.807) is 24.3 Å². The summed E-state index contributed by atoms with van der Waals surface area (Å²) in [6.45, 7) is 0.228. The van der Waals surface area contributed by atoms with Crippen molar-refractivity contribution in [1.82, 2.24) is 5.32 Å². The molecule has 1 aliphatic rings. The SMILES string of the molecule is O=C(COC(=O)[C@H]1CC(=O)N(c2ccc(Cl)cc2)C1)NCc1ccccc1. The van der Waals surface area contributed by atoms with Crippen molar-refractivity contribution in [2.75, 3.05) is 18.1 Å². The van der Waals surface area contributed by atoms with Gasteiger partial charge in [0, 0.05) is 30.2 Å². The lowest BCUT2D eigenvalue weighted by molar-refractivity contribution is -0.152. The smallest absolute Gasteiger partial charge is 0.311 e. The third kappa shape index (κ3) is 5.08. The summed E-state index contributed by atoms with van der Waals surface area (Å²) < 4.78 is 5.08. The van der Waals surface area contributed by atoms with Crippen LogP contribution in [0.4, 0.5) is 5.69 Å². The number of nitrogens with zero attached hydrogens (tertiary/aromatic N) is 1. The first-order valence-electron chi connectivity index (χ1n) is 8.56. The maximum atomic E-state index is 12.2. The molecule has 2 aromatic carbocycles. The zero-order chi connectivity index (χ0) is 19.2. The summed E-state index contributed by atoms with van der Waals surface area (Å²) >= 11 is 5.85. The second-order valence-corrected chi connectivity index (χ2v) is 6.69. The van der Waals surface area contributed by atoms with Crippen LogP contribution < -0.4 is 10.2 Å². The molecule has 0 saturated carbocycles. The number of rotatable bonds is 6. The Bertz CT molecular complexity index is 824. The summed E-state index contributed by atoms with van der Waals surface area (Å²) in [6.07, 6.45) is 0.0626. The van der Waals surface area contributed by atoms with E-state index in [-0.39, 0.29) is 31.4 Å². The molecule has 2 amide bonds. The fourth-order valence-corrected chi connectivity index (χ4v) is 2.96. The number of halogens is 1. The summed E-state index contributed by atoms with van der Waals surface area (Å²) in [5, 5.41) is 3.26. The molecule has 0 aromatic heterocycles. The summed E-state index contributed by atoms with van der Waals surface area (Å²) in [5.74, 6) is -1.68. The average Bonchev–Trinajstić information content (AvgIpc) is 3.07. The zero-order valence-corrected chi connectivity index (χ0v) is 15.3. The van der Waals surface area contributed by atoms with Crippen molar-refractivity contribution < 1.29 is 19.1 Å². The second kappa shape index (κ2) is 8.68. The molecule has 3 rings (SSSR count). The van der Waals surface area contributed by atoms with Gasteiger partial charge in [-0.3, -0.25) is 14.4 Å². The Morgan fingerprint density at radius 3 is 2.52 bits per heavy atom. The minimum absolute atomic E-state index is 0.0626. The summed E-state index contributed by atoms with van der Waals surface area (Å²) in [6, 6.07) is 16.3. The van der Waals surface area contributed by atoms with E-state index in [1.165, 1.54) is 4.90 Å². The van der Waals surface area contributed by atoms with Crippen LogP contribution in [0, 0.1) is 5.92 Å². The number of anilines is 1. The van der Waals surface area contributed by atoms with Gasteiger partial charge in [-0.2, -0.15) is 0 Å². The first-order valence-corrected chi connectivity index (χ1v) is 8.94. The van der Waals surface area contributed by atoms with Crippen LogP contribution in [0.3, 0.4) is 0 Å². The van der Waals surface area contributed by atoms with Gasteiger partial charge in [-0.1, -0.05) is 41.9 Å². The molecule has 0 radical (unpaired) electrons. The largest absolute Gasteiger partial charge is 0.455 e. The van der Waals surface area contributed by atoms with E-state index >= 15 is 0 Å². The number of benzene rings is 2. The molecule has 1 atom stereocenters. The summed E-state index contributed by atoms with van der Waals surface area (Å²) in [4.78, 5) is 37.7. The first kappa shape index (κ1) is 18.9. The van der Waals surface area contributed by atoms with E-state index in [1.807, 2.05) is 30.3 Å². The lowest BCUT2D eigenvalue weighted by Crippen LogP contribution is -2.31. The monoisotopic (exact) mass is 386 g/mol. The molecule has 6 nitrogen and oxygen atoms in total. The Labute approximate surface area is 162 Å². The Kier molecular flexibility index (Phi) is 6.08. The summed E-state index contributed by atoms with van der Waals surface area (Å²) in [5.41, 5.74) is 1.64. The number of amides is 2. The van der Waals surface area contributed by atoms with Gasteiger partial charge >= 0.3 is 5.97 Å². The minimum Gasteiger partial charge on any atom is -0.455 e. The van der Waals surface area contributed by atoms with Gasteiger partial charge in [0.1, 0.15) is 0 Å². The minimum atomic E-state index is -0.588. The number of esters is 1. The van der Waals surface area contributed by atoms with Crippen LogP contribution >= 0.6 is 11.6 Å². The van der Waals surface area contributed by atoms with Crippen LogP contribution in [0.15, 0.2) is 54.6 Å². The van der Waals surface area contributed by atoms with Crippen LogP contribution in [0.2, 0.25) is 5.02 Å². The number of carbonyl (C=O) groups is 3. The molecule has 1 N–H and O–H groups in total. The zero-order valence-electron chi connectivity index (χ0n) is 14.6. The van der Waals surface area contributed by atoms with Crippen molar-refractivity contribution in [3.63, 3.8) is 0 Å². The molecular formula is C20H19ClN2O4. The van der Waals surface area contributed by atoms with E-state index in [4.69, 9.17) is 16.3 Å². The van der Waals surface area contributed by atoms with Crippen LogP contribution in [-0.2, 0) is 25.7 Å². The molecule has 0 unspecified atom stereocenters. The van der Waals surface area contributed by atoms with Crippen molar-refractivity contribution >= 4 is 35.1 Å². The number of nitrogens with one attached hydrogen (secondary N) is 1. The average molecular weight is 387 g/mol.